The smallest absolute Gasteiger partial charge is 0.251 e. The summed E-state index contributed by atoms with van der Waals surface area (Å²) in [6.07, 6.45) is 7.99. The number of nitrogens with one attached hydrogen (secondary N) is 2. The van der Waals surface area contributed by atoms with Gasteiger partial charge in [0, 0.05) is 23.5 Å². The molecule has 1 aromatic carbocycles. The summed E-state index contributed by atoms with van der Waals surface area (Å²) in [6, 6.07) is 9.92. The average molecular weight is 312 g/mol. The molecule has 3 rings (SSSR count). The Balaban J connectivity index is 1.60. The van der Waals surface area contributed by atoms with Gasteiger partial charge in [0.1, 0.15) is 0 Å². The standard InChI is InChI=1S/C19H24N2O2/c22-18(20-16-8-3-1-2-4-9-16)12-11-15-13-14-7-5-6-10-17(14)21-19(15)23/h5-7,10,13,16H,1-4,8-9,11-12H2,(H,20,22)(H,21,23). The molecule has 0 radical (unpaired) electrons. The van der Waals surface area contributed by atoms with Crippen molar-refractivity contribution in [2.75, 3.05) is 0 Å². The van der Waals surface area contributed by atoms with Gasteiger partial charge in [-0.3, -0.25) is 9.59 Å². The predicted octanol–water partition coefficient (Wildman–Crippen LogP) is 3.30. The second kappa shape index (κ2) is 7.44. The first-order chi connectivity index (χ1) is 11.2. The topological polar surface area (TPSA) is 62.0 Å². The highest BCUT2D eigenvalue weighted by atomic mass is 16.1. The molecule has 0 atom stereocenters. The van der Waals surface area contributed by atoms with E-state index in [2.05, 4.69) is 10.3 Å². The summed E-state index contributed by atoms with van der Waals surface area (Å²) in [7, 11) is 0. The zero-order valence-corrected chi connectivity index (χ0v) is 13.4. The highest BCUT2D eigenvalue weighted by Crippen LogP contribution is 2.17. The molecule has 122 valence electrons. The summed E-state index contributed by atoms with van der Waals surface area (Å²) in [6.45, 7) is 0. The van der Waals surface area contributed by atoms with Crippen LogP contribution in [0.1, 0.15) is 50.5 Å². The normalized spacial score (nSPS) is 16.2. The molecule has 2 aromatic rings. The Hall–Kier alpha value is -2.10. The van der Waals surface area contributed by atoms with Crippen LogP contribution < -0.4 is 10.9 Å². The average Bonchev–Trinajstić information content (AvgIpc) is 2.81. The molecule has 1 aliphatic carbocycles. The molecule has 1 heterocycles. The lowest BCUT2D eigenvalue weighted by Crippen LogP contribution is -2.34. The first-order valence-corrected chi connectivity index (χ1v) is 8.63. The predicted molar refractivity (Wildman–Crippen MR) is 92.5 cm³/mol. The number of H-pyrrole nitrogens is 1. The maximum absolute atomic E-state index is 12.1. The largest absolute Gasteiger partial charge is 0.353 e. The third-order valence-electron chi connectivity index (χ3n) is 4.67. The van der Waals surface area contributed by atoms with Crippen molar-refractivity contribution in [3.05, 3.63) is 46.2 Å². The summed E-state index contributed by atoms with van der Waals surface area (Å²) in [5.74, 6) is 0.0597. The minimum atomic E-state index is -0.0917. The number of aryl methyl sites for hydroxylation is 1. The summed E-state index contributed by atoms with van der Waals surface area (Å²) in [5.41, 5.74) is 1.43. The Morgan fingerprint density at radius 2 is 1.87 bits per heavy atom. The van der Waals surface area contributed by atoms with Crippen molar-refractivity contribution >= 4 is 16.8 Å². The first kappa shape index (κ1) is 15.8. The van der Waals surface area contributed by atoms with Crippen molar-refractivity contribution in [2.45, 2.75) is 57.4 Å². The SMILES string of the molecule is O=C(CCc1cc2ccccc2[nH]c1=O)NC1CCCCCC1. The summed E-state index contributed by atoms with van der Waals surface area (Å²) in [5, 5.41) is 4.14. The van der Waals surface area contributed by atoms with Crippen LogP contribution in [-0.2, 0) is 11.2 Å². The summed E-state index contributed by atoms with van der Waals surface area (Å²) >= 11 is 0. The van der Waals surface area contributed by atoms with E-state index in [9.17, 15) is 9.59 Å². The maximum atomic E-state index is 12.1. The number of aromatic nitrogens is 1. The number of benzene rings is 1. The van der Waals surface area contributed by atoms with Crippen LogP contribution in [0.5, 0.6) is 0 Å². The van der Waals surface area contributed by atoms with Crippen molar-refractivity contribution < 1.29 is 4.79 Å². The van der Waals surface area contributed by atoms with Crippen LogP contribution in [0.3, 0.4) is 0 Å². The van der Waals surface area contributed by atoms with E-state index in [1.165, 1.54) is 25.7 Å². The number of hydrogen-bond donors (Lipinski definition) is 2. The molecule has 0 spiro atoms. The van der Waals surface area contributed by atoms with E-state index in [1.54, 1.807) is 0 Å². The Morgan fingerprint density at radius 1 is 1.13 bits per heavy atom. The van der Waals surface area contributed by atoms with Crippen molar-refractivity contribution in [2.24, 2.45) is 0 Å². The molecule has 1 amide bonds. The first-order valence-electron chi connectivity index (χ1n) is 8.63. The molecule has 23 heavy (non-hydrogen) atoms. The van der Waals surface area contributed by atoms with E-state index in [1.807, 2.05) is 30.3 Å². The van der Waals surface area contributed by atoms with Crippen molar-refractivity contribution in [3.63, 3.8) is 0 Å². The lowest BCUT2D eigenvalue weighted by molar-refractivity contribution is -0.121. The van der Waals surface area contributed by atoms with Crippen LogP contribution >= 0.6 is 0 Å². The number of carbonyl (C=O) groups excluding carboxylic acids is 1. The van der Waals surface area contributed by atoms with Crippen LogP contribution in [0, 0.1) is 0 Å². The highest BCUT2D eigenvalue weighted by Gasteiger charge is 2.15. The second-order valence-electron chi connectivity index (χ2n) is 6.47. The minimum Gasteiger partial charge on any atom is -0.353 e. The van der Waals surface area contributed by atoms with Crippen LogP contribution in [0.4, 0.5) is 0 Å². The molecular formula is C19H24N2O2. The zero-order chi connectivity index (χ0) is 16.1. The number of aromatic amines is 1. The molecule has 0 unspecified atom stereocenters. The fourth-order valence-electron chi connectivity index (χ4n) is 3.35. The molecule has 0 saturated heterocycles. The number of pyridine rings is 1. The molecule has 0 aliphatic heterocycles. The van der Waals surface area contributed by atoms with Crippen LogP contribution in [0.2, 0.25) is 0 Å². The Kier molecular flexibility index (Phi) is 5.11. The van der Waals surface area contributed by atoms with Crippen LogP contribution in [0.15, 0.2) is 35.1 Å². The molecule has 4 nitrogen and oxygen atoms in total. The fourth-order valence-corrected chi connectivity index (χ4v) is 3.35. The molecule has 4 heteroatoms. The number of fused-ring (bicyclic) bond motifs is 1. The number of amides is 1. The van der Waals surface area contributed by atoms with Crippen LogP contribution in [0.25, 0.3) is 10.9 Å². The van der Waals surface area contributed by atoms with Gasteiger partial charge in [-0.05, 0) is 36.8 Å². The maximum Gasteiger partial charge on any atom is 0.251 e. The van der Waals surface area contributed by atoms with Gasteiger partial charge in [0.15, 0.2) is 0 Å². The molecule has 1 fully saturated rings. The molecule has 0 bridgehead atoms. The van der Waals surface area contributed by atoms with E-state index < -0.39 is 0 Å². The number of rotatable bonds is 4. The van der Waals surface area contributed by atoms with Crippen molar-refractivity contribution in [3.8, 4) is 0 Å². The van der Waals surface area contributed by atoms with Crippen molar-refractivity contribution in [1.29, 1.82) is 0 Å². The van der Waals surface area contributed by atoms with Crippen molar-refractivity contribution in [1.82, 2.24) is 10.3 Å². The number of para-hydroxylation sites is 1. The lowest BCUT2D eigenvalue weighted by Gasteiger charge is -2.16. The fraction of sp³-hybridized carbons (Fsp3) is 0.474. The van der Waals surface area contributed by atoms with Gasteiger partial charge in [0.2, 0.25) is 5.91 Å². The lowest BCUT2D eigenvalue weighted by atomic mass is 10.1. The molecule has 1 aromatic heterocycles. The van der Waals surface area contributed by atoms with Gasteiger partial charge >= 0.3 is 0 Å². The molecule has 1 saturated carbocycles. The molecule has 1 aliphatic rings. The minimum absolute atomic E-state index is 0.0597. The monoisotopic (exact) mass is 312 g/mol. The van der Waals surface area contributed by atoms with Gasteiger partial charge in [0.05, 0.1) is 0 Å². The third kappa shape index (κ3) is 4.21. The van der Waals surface area contributed by atoms with Gasteiger partial charge in [-0.1, -0.05) is 43.9 Å². The number of carbonyl (C=O) groups is 1. The number of hydrogen-bond acceptors (Lipinski definition) is 2. The second-order valence-corrected chi connectivity index (χ2v) is 6.47. The third-order valence-corrected chi connectivity index (χ3v) is 4.67. The Morgan fingerprint density at radius 3 is 2.65 bits per heavy atom. The van der Waals surface area contributed by atoms with E-state index in [0.29, 0.717) is 24.4 Å². The van der Waals surface area contributed by atoms with E-state index in [0.717, 1.165) is 23.7 Å². The Labute approximate surface area is 136 Å². The highest BCUT2D eigenvalue weighted by molar-refractivity contribution is 5.79. The van der Waals surface area contributed by atoms with E-state index in [4.69, 9.17) is 0 Å². The van der Waals surface area contributed by atoms with Gasteiger partial charge in [-0.15, -0.1) is 0 Å². The Bertz CT molecular complexity index is 727. The van der Waals surface area contributed by atoms with Gasteiger partial charge < -0.3 is 10.3 Å². The zero-order valence-electron chi connectivity index (χ0n) is 13.4. The van der Waals surface area contributed by atoms with Gasteiger partial charge in [0.25, 0.3) is 5.56 Å². The van der Waals surface area contributed by atoms with Crippen LogP contribution in [-0.4, -0.2) is 16.9 Å². The molecule has 2 N–H and O–H groups in total. The quantitative estimate of drug-likeness (QED) is 0.851. The summed E-state index contributed by atoms with van der Waals surface area (Å²) < 4.78 is 0. The van der Waals surface area contributed by atoms with Gasteiger partial charge in [-0.2, -0.15) is 0 Å². The van der Waals surface area contributed by atoms with E-state index in [-0.39, 0.29) is 11.5 Å². The van der Waals surface area contributed by atoms with E-state index >= 15 is 0 Å². The molecular weight excluding hydrogens is 288 g/mol. The van der Waals surface area contributed by atoms with Gasteiger partial charge in [-0.25, -0.2) is 0 Å². The summed E-state index contributed by atoms with van der Waals surface area (Å²) in [4.78, 5) is 27.1.